The van der Waals surface area contributed by atoms with Gasteiger partial charge in [0.05, 0.1) is 11.6 Å². The minimum Gasteiger partial charge on any atom is -0.467 e. The van der Waals surface area contributed by atoms with E-state index in [9.17, 15) is 19.4 Å². The van der Waals surface area contributed by atoms with Crippen molar-refractivity contribution in [2.75, 3.05) is 7.11 Å². The summed E-state index contributed by atoms with van der Waals surface area (Å²) in [4.78, 5) is 11.0. The van der Waals surface area contributed by atoms with Crippen LogP contribution in [-0.2, 0) is 9.53 Å². The van der Waals surface area contributed by atoms with Crippen molar-refractivity contribution in [3.05, 3.63) is 34.1 Å². The van der Waals surface area contributed by atoms with E-state index in [1.165, 1.54) is 12.1 Å². The first-order chi connectivity index (χ1) is 7.47. The van der Waals surface area contributed by atoms with Gasteiger partial charge in [-0.1, -0.05) is 6.07 Å². The number of benzene rings is 1. The second kappa shape index (κ2) is 5.38. The van der Waals surface area contributed by atoms with Crippen molar-refractivity contribution in [2.24, 2.45) is 0 Å². The monoisotopic (exact) mass is 292 g/mol. The summed E-state index contributed by atoms with van der Waals surface area (Å²) in [5, 5.41) is 19.0. The Morgan fingerprint density at radius 3 is 2.62 bits per heavy atom. The zero-order valence-electron chi connectivity index (χ0n) is 8.35. The number of hydrogen-bond acceptors (Lipinski definition) is 4. The largest absolute Gasteiger partial charge is 0.467 e. The Bertz CT molecular complexity index is 396. The van der Waals surface area contributed by atoms with Crippen molar-refractivity contribution in [1.82, 2.24) is 0 Å². The fraction of sp³-hybridized carbons (Fsp3) is 0.300. The molecule has 0 saturated heterocycles. The third kappa shape index (κ3) is 2.78. The van der Waals surface area contributed by atoms with Gasteiger partial charge in [-0.2, -0.15) is 0 Å². The average molecular weight is 293 g/mol. The van der Waals surface area contributed by atoms with Crippen LogP contribution in [0.15, 0.2) is 22.7 Å². The molecule has 1 aromatic rings. The van der Waals surface area contributed by atoms with Gasteiger partial charge in [0.15, 0.2) is 6.10 Å². The summed E-state index contributed by atoms with van der Waals surface area (Å²) < 4.78 is 17.3. The van der Waals surface area contributed by atoms with Crippen LogP contribution >= 0.6 is 15.9 Å². The molecular weight excluding hydrogens is 283 g/mol. The van der Waals surface area contributed by atoms with Crippen LogP contribution in [0.5, 0.6) is 0 Å². The predicted octanol–water partition coefficient (Wildman–Crippen LogP) is 1.16. The van der Waals surface area contributed by atoms with Gasteiger partial charge in [-0.05, 0) is 33.6 Å². The van der Waals surface area contributed by atoms with E-state index in [-0.39, 0.29) is 10.0 Å². The topological polar surface area (TPSA) is 66.8 Å². The highest BCUT2D eigenvalue weighted by Crippen LogP contribution is 2.23. The van der Waals surface area contributed by atoms with Crippen LogP contribution in [-0.4, -0.2) is 29.4 Å². The lowest BCUT2D eigenvalue weighted by atomic mass is 10.0. The molecular formula is C10H10BrFO4. The SMILES string of the molecule is COC(=O)C(O)C(O)c1ccc(F)c(Br)c1. The second-order valence-corrected chi connectivity index (χ2v) is 3.94. The Kier molecular flexibility index (Phi) is 4.40. The molecule has 6 heteroatoms. The number of methoxy groups -OCH3 is 1. The van der Waals surface area contributed by atoms with Gasteiger partial charge < -0.3 is 14.9 Å². The van der Waals surface area contributed by atoms with Gasteiger partial charge in [0.25, 0.3) is 0 Å². The molecule has 0 heterocycles. The smallest absolute Gasteiger partial charge is 0.337 e. The van der Waals surface area contributed by atoms with Crippen LogP contribution < -0.4 is 0 Å². The Morgan fingerprint density at radius 1 is 1.50 bits per heavy atom. The van der Waals surface area contributed by atoms with Gasteiger partial charge >= 0.3 is 5.97 Å². The van der Waals surface area contributed by atoms with Gasteiger partial charge in [-0.25, -0.2) is 9.18 Å². The first kappa shape index (κ1) is 13.1. The molecule has 0 aromatic heterocycles. The number of aliphatic hydroxyl groups is 2. The quantitative estimate of drug-likeness (QED) is 0.821. The molecule has 0 aliphatic carbocycles. The Hall–Kier alpha value is -0.980. The van der Waals surface area contributed by atoms with Crippen LogP contribution in [0, 0.1) is 5.82 Å². The number of rotatable bonds is 3. The van der Waals surface area contributed by atoms with E-state index in [2.05, 4.69) is 20.7 Å². The average Bonchev–Trinajstić information content (AvgIpc) is 2.29. The molecule has 0 amide bonds. The lowest BCUT2D eigenvalue weighted by molar-refractivity contribution is -0.156. The minimum atomic E-state index is -1.69. The Morgan fingerprint density at radius 2 is 2.12 bits per heavy atom. The zero-order chi connectivity index (χ0) is 12.3. The third-order valence-corrected chi connectivity index (χ3v) is 2.63. The minimum absolute atomic E-state index is 0.140. The van der Waals surface area contributed by atoms with Crippen molar-refractivity contribution in [3.8, 4) is 0 Å². The molecule has 2 unspecified atom stereocenters. The van der Waals surface area contributed by atoms with Crippen LogP contribution in [0.4, 0.5) is 4.39 Å². The molecule has 88 valence electrons. The molecule has 0 fully saturated rings. The highest BCUT2D eigenvalue weighted by Gasteiger charge is 2.26. The van der Waals surface area contributed by atoms with E-state index in [0.717, 1.165) is 13.2 Å². The molecule has 16 heavy (non-hydrogen) atoms. The molecule has 0 radical (unpaired) electrons. The molecule has 2 atom stereocenters. The van der Waals surface area contributed by atoms with Crippen LogP contribution in [0.25, 0.3) is 0 Å². The number of hydrogen-bond donors (Lipinski definition) is 2. The van der Waals surface area contributed by atoms with Crippen molar-refractivity contribution < 1.29 is 24.1 Å². The van der Waals surface area contributed by atoms with Crippen molar-refractivity contribution in [1.29, 1.82) is 0 Å². The van der Waals surface area contributed by atoms with Crippen molar-refractivity contribution >= 4 is 21.9 Å². The zero-order valence-corrected chi connectivity index (χ0v) is 9.94. The van der Waals surface area contributed by atoms with Gasteiger partial charge in [0, 0.05) is 0 Å². The highest BCUT2D eigenvalue weighted by atomic mass is 79.9. The maximum absolute atomic E-state index is 12.9. The molecule has 0 spiro atoms. The van der Waals surface area contributed by atoms with Crippen LogP contribution in [0.2, 0.25) is 0 Å². The molecule has 2 N–H and O–H groups in total. The fourth-order valence-electron chi connectivity index (χ4n) is 1.13. The van der Waals surface area contributed by atoms with E-state index in [0.29, 0.717) is 0 Å². The summed E-state index contributed by atoms with van der Waals surface area (Å²) in [6, 6.07) is 3.68. The van der Waals surface area contributed by atoms with Gasteiger partial charge in [0.2, 0.25) is 0 Å². The molecule has 4 nitrogen and oxygen atoms in total. The number of carbonyl (C=O) groups excluding carboxylic acids is 1. The number of carbonyl (C=O) groups is 1. The molecule has 0 aliphatic heterocycles. The Balaban J connectivity index is 2.91. The summed E-state index contributed by atoms with van der Waals surface area (Å²) in [5.41, 5.74) is 0.214. The molecule has 0 aliphatic rings. The maximum atomic E-state index is 12.9. The van der Waals surface area contributed by atoms with Crippen molar-refractivity contribution in [3.63, 3.8) is 0 Å². The third-order valence-electron chi connectivity index (χ3n) is 2.03. The first-order valence-corrected chi connectivity index (χ1v) is 5.15. The summed E-state index contributed by atoms with van der Waals surface area (Å²) in [7, 11) is 1.10. The van der Waals surface area contributed by atoms with Gasteiger partial charge in [-0.15, -0.1) is 0 Å². The van der Waals surface area contributed by atoms with E-state index < -0.39 is 24.0 Å². The van der Waals surface area contributed by atoms with E-state index in [1.54, 1.807) is 0 Å². The lowest BCUT2D eigenvalue weighted by Crippen LogP contribution is -2.29. The predicted molar refractivity (Wildman–Crippen MR) is 57.1 cm³/mol. The van der Waals surface area contributed by atoms with Gasteiger partial charge in [-0.3, -0.25) is 0 Å². The van der Waals surface area contributed by atoms with E-state index in [1.807, 2.05) is 0 Å². The summed E-state index contributed by atoms with van der Waals surface area (Å²) in [5.74, 6) is -1.45. The summed E-state index contributed by atoms with van der Waals surface area (Å²) in [6.45, 7) is 0. The van der Waals surface area contributed by atoms with Gasteiger partial charge in [0.1, 0.15) is 11.9 Å². The summed E-state index contributed by atoms with van der Waals surface area (Å²) >= 11 is 2.93. The number of esters is 1. The molecule has 0 saturated carbocycles. The number of halogens is 2. The molecule has 0 bridgehead atoms. The molecule has 1 rings (SSSR count). The Labute approximate surface area is 99.8 Å². The van der Waals surface area contributed by atoms with Crippen LogP contribution in [0.1, 0.15) is 11.7 Å². The van der Waals surface area contributed by atoms with E-state index in [4.69, 9.17) is 0 Å². The standard InChI is InChI=1S/C10H10BrFO4/c1-16-10(15)9(14)8(13)5-2-3-7(12)6(11)4-5/h2-4,8-9,13-14H,1H3. The summed E-state index contributed by atoms with van der Waals surface area (Å²) in [6.07, 6.45) is -3.15. The normalized spacial score (nSPS) is 14.3. The van der Waals surface area contributed by atoms with Crippen LogP contribution in [0.3, 0.4) is 0 Å². The first-order valence-electron chi connectivity index (χ1n) is 4.36. The fourth-order valence-corrected chi connectivity index (χ4v) is 1.52. The van der Waals surface area contributed by atoms with Crippen molar-refractivity contribution in [2.45, 2.75) is 12.2 Å². The van der Waals surface area contributed by atoms with E-state index >= 15 is 0 Å². The number of ether oxygens (including phenoxy) is 1. The lowest BCUT2D eigenvalue weighted by Gasteiger charge is -2.16. The number of aliphatic hydroxyl groups excluding tert-OH is 2. The maximum Gasteiger partial charge on any atom is 0.337 e. The molecule has 1 aromatic carbocycles. The second-order valence-electron chi connectivity index (χ2n) is 3.09. The highest BCUT2D eigenvalue weighted by molar-refractivity contribution is 9.10.